The number of hydrogen-bond donors (Lipinski definition) is 1. The first kappa shape index (κ1) is 15.8. The van der Waals surface area contributed by atoms with Gasteiger partial charge in [-0.3, -0.25) is 9.78 Å². The molecule has 0 unspecified atom stereocenters. The number of carbonyl (C=O) groups excluding carboxylic acids is 1. The Hall–Kier alpha value is -1.24. The van der Waals surface area contributed by atoms with Crippen LogP contribution in [0.1, 0.15) is 19.5 Å². The van der Waals surface area contributed by atoms with Crippen molar-refractivity contribution in [1.29, 1.82) is 0 Å². The molecule has 1 aromatic rings. The van der Waals surface area contributed by atoms with Crippen LogP contribution in [0.2, 0.25) is 0 Å². The second-order valence-corrected chi connectivity index (χ2v) is 5.73. The number of aromatic nitrogens is 1. The van der Waals surface area contributed by atoms with Gasteiger partial charge in [0.1, 0.15) is 0 Å². The molecule has 0 atom stereocenters. The summed E-state index contributed by atoms with van der Waals surface area (Å²) in [6.07, 6.45) is -3.21. The van der Waals surface area contributed by atoms with Gasteiger partial charge in [-0.15, -0.1) is 11.8 Å². The highest BCUT2D eigenvalue weighted by atomic mass is 32.2. The van der Waals surface area contributed by atoms with Crippen LogP contribution in [-0.4, -0.2) is 28.4 Å². The maximum Gasteiger partial charge on any atom is 0.471 e. The maximum atomic E-state index is 12.2. The van der Waals surface area contributed by atoms with Crippen molar-refractivity contribution in [2.75, 3.05) is 5.75 Å². The highest BCUT2D eigenvalue weighted by molar-refractivity contribution is 7.99. The molecule has 0 aliphatic rings. The van der Waals surface area contributed by atoms with Crippen LogP contribution in [0.5, 0.6) is 0 Å². The summed E-state index contributed by atoms with van der Waals surface area (Å²) >= 11 is 1.36. The largest absolute Gasteiger partial charge is 0.471 e. The van der Waals surface area contributed by atoms with E-state index in [4.69, 9.17) is 0 Å². The van der Waals surface area contributed by atoms with E-state index in [-0.39, 0.29) is 0 Å². The molecular formula is C12H15F3N2OS. The fourth-order valence-electron chi connectivity index (χ4n) is 1.29. The van der Waals surface area contributed by atoms with Crippen molar-refractivity contribution in [3.63, 3.8) is 0 Å². The zero-order valence-electron chi connectivity index (χ0n) is 10.8. The summed E-state index contributed by atoms with van der Waals surface area (Å²) in [5.41, 5.74) is -0.148. The number of nitrogens with one attached hydrogen (secondary N) is 1. The van der Waals surface area contributed by atoms with E-state index in [0.717, 1.165) is 10.6 Å². The highest BCUT2D eigenvalue weighted by Crippen LogP contribution is 2.25. The second-order valence-electron chi connectivity index (χ2n) is 4.71. The number of alkyl halides is 3. The van der Waals surface area contributed by atoms with Gasteiger partial charge in [0.15, 0.2) is 0 Å². The number of hydrogen-bond acceptors (Lipinski definition) is 3. The molecule has 0 aliphatic carbocycles. The third kappa shape index (κ3) is 5.10. The monoisotopic (exact) mass is 292 g/mol. The number of thioether (sulfide) groups is 1. The summed E-state index contributed by atoms with van der Waals surface area (Å²) in [6, 6.07) is 3.60. The van der Waals surface area contributed by atoms with Crippen LogP contribution in [0.15, 0.2) is 23.2 Å². The molecule has 0 radical (unpaired) electrons. The lowest BCUT2D eigenvalue weighted by atomic mass is 10.1. The van der Waals surface area contributed by atoms with E-state index >= 15 is 0 Å². The zero-order valence-corrected chi connectivity index (χ0v) is 11.7. The number of halogens is 3. The molecule has 0 fully saturated rings. The molecule has 7 heteroatoms. The van der Waals surface area contributed by atoms with Crippen molar-refractivity contribution in [3.05, 3.63) is 24.0 Å². The third-order valence-corrected chi connectivity index (χ3v) is 3.86. The first-order valence-corrected chi connectivity index (χ1v) is 6.54. The van der Waals surface area contributed by atoms with E-state index in [1.807, 2.05) is 18.3 Å². The topological polar surface area (TPSA) is 42.0 Å². The van der Waals surface area contributed by atoms with Gasteiger partial charge >= 0.3 is 12.1 Å². The van der Waals surface area contributed by atoms with E-state index < -0.39 is 17.6 Å². The molecule has 1 N–H and O–H groups in total. The summed E-state index contributed by atoms with van der Waals surface area (Å²) < 4.78 is 36.5. The summed E-state index contributed by atoms with van der Waals surface area (Å²) in [5.74, 6) is -1.59. The van der Waals surface area contributed by atoms with Crippen LogP contribution < -0.4 is 5.32 Å². The molecule has 106 valence electrons. The number of rotatable bonds is 4. The van der Waals surface area contributed by atoms with Gasteiger partial charge in [-0.1, -0.05) is 0 Å². The van der Waals surface area contributed by atoms with E-state index in [1.165, 1.54) is 11.8 Å². The fourth-order valence-corrected chi connectivity index (χ4v) is 2.32. The van der Waals surface area contributed by atoms with Crippen LogP contribution >= 0.6 is 11.8 Å². The predicted molar refractivity (Wildman–Crippen MR) is 68.0 cm³/mol. The smallest absolute Gasteiger partial charge is 0.343 e. The number of pyridine rings is 1. The average Bonchev–Trinajstić information content (AvgIpc) is 2.26. The summed E-state index contributed by atoms with van der Waals surface area (Å²) in [6.45, 7) is 4.92. The lowest BCUT2D eigenvalue weighted by Gasteiger charge is -2.26. The summed E-state index contributed by atoms with van der Waals surface area (Å²) in [5, 5.41) is 1.98. The van der Waals surface area contributed by atoms with Gasteiger partial charge in [0.05, 0.1) is 5.69 Å². The van der Waals surface area contributed by atoms with Crippen LogP contribution in [0, 0.1) is 6.92 Å². The number of aryl methyl sites for hydroxylation is 1. The Kier molecular flexibility index (Phi) is 4.84. The minimum absolute atomic E-state index is 0.321. The van der Waals surface area contributed by atoms with Crippen molar-refractivity contribution in [3.8, 4) is 0 Å². The highest BCUT2D eigenvalue weighted by Gasteiger charge is 2.41. The van der Waals surface area contributed by atoms with Gasteiger partial charge in [-0.25, -0.2) is 0 Å². The van der Waals surface area contributed by atoms with Gasteiger partial charge in [0.25, 0.3) is 0 Å². The minimum atomic E-state index is -4.86. The Morgan fingerprint density at radius 1 is 1.42 bits per heavy atom. The van der Waals surface area contributed by atoms with Crippen LogP contribution in [0.4, 0.5) is 13.2 Å². The Balaban J connectivity index is 2.61. The molecule has 1 rings (SSSR count). The molecular weight excluding hydrogens is 277 g/mol. The maximum absolute atomic E-state index is 12.2. The Morgan fingerprint density at radius 2 is 2.05 bits per heavy atom. The SMILES string of the molecule is Cc1ncccc1SCC(C)(C)NC(=O)C(F)(F)F. The molecule has 1 aromatic heterocycles. The molecule has 19 heavy (non-hydrogen) atoms. The van der Waals surface area contributed by atoms with Crippen molar-refractivity contribution in [2.45, 2.75) is 37.4 Å². The standard InChI is InChI=1S/C12H15F3N2OS/c1-8-9(5-4-6-16-8)19-7-11(2,3)17-10(18)12(13,14)15/h4-6H,7H2,1-3H3,(H,17,18). The van der Waals surface area contributed by atoms with Crippen molar-refractivity contribution in [1.82, 2.24) is 10.3 Å². The Bertz CT molecular complexity index is 461. The Labute approximate surface area is 114 Å². The van der Waals surface area contributed by atoms with Gasteiger partial charge < -0.3 is 5.32 Å². The van der Waals surface area contributed by atoms with Crippen molar-refractivity contribution < 1.29 is 18.0 Å². The number of nitrogens with zero attached hydrogens (tertiary/aromatic N) is 1. The van der Waals surface area contributed by atoms with Crippen molar-refractivity contribution >= 4 is 17.7 Å². The molecule has 0 spiro atoms. The minimum Gasteiger partial charge on any atom is -0.343 e. The normalized spacial score (nSPS) is 12.3. The fraction of sp³-hybridized carbons (Fsp3) is 0.500. The number of amides is 1. The summed E-state index contributed by atoms with van der Waals surface area (Å²) in [7, 11) is 0. The molecule has 1 heterocycles. The van der Waals surface area contributed by atoms with E-state index in [1.54, 1.807) is 26.1 Å². The first-order chi connectivity index (χ1) is 8.62. The van der Waals surface area contributed by atoms with Gasteiger partial charge in [-0.05, 0) is 32.9 Å². The average molecular weight is 292 g/mol. The molecule has 0 saturated heterocycles. The quantitative estimate of drug-likeness (QED) is 0.868. The van der Waals surface area contributed by atoms with Crippen LogP contribution in [-0.2, 0) is 4.79 Å². The van der Waals surface area contributed by atoms with Crippen molar-refractivity contribution in [2.24, 2.45) is 0 Å². The number of carbonyl (C=O) groups is 1. The lowest BCUT2D eigenvalue weighted by molar-refractivity contribution is -0.175. The third-order valence-electron chi connectivity index (χ3n) is 2.26. The molecule has 0 aromatic carbocycles. The van der Waals surface area contributed by atoms with Gasteiger partial charge in [0.2, 0.25) is 0 Å². The van der Waals surface area contributed by atoms with E-state index in [0.29, 0.717) is 5.75 Å². The van der Waals surface area contributed by atoms with Gasteiger partial charge in [-0.2, -0.15) is 13.2 Å². The first-order valence-electron chi connectivity index (χ1n) is 5.55. The zero-order chi connectivity index (χ0) is 14.7. The molecule has 0 aliphatic heterocycles. The molecule has 3 nitrogen and oxygen atoms in total. The van der Waals surface area contributed by atoms with Gasteiger partial charge in [0, 0.05) is 22.4 Å². The van der Waals surface area contributed by atoms with E-state index in [9.17, 15) is 18.0 Å². The second kappa shape index (κ2) is 5.81. The molecule has 0 saturated carbocycles. The van der Waals surface area contributed by atoms with Crippen LogP contribution in [0.25, 0.3) is 0 Å². The van der Waals surface area contributed by atoms with E-state index in [2.05, 4.69) is 4.98 Å². The lowest BCUT2D eigenvalue weighted by Crippen LogP contribution is -2.50. The molecule has 0 bridgehead atoms. The summed E-state index contributed by atoms with van der Waals surface area (Å²) in [4.78, 5) is 15.9. The Morgan fingerprint density at radius 3 is 2.58 bits per heavy atom. The van der Waals surface area contributed by atoms with Crippen LogP contribution in [0.3, 0.4) is 0 Å². The molecule has 1 amide bonds. The predicted octanol–water partition coefficient (Wildman–Crippen LogP) is 2.94.